The number of sulfonamides is 1. The molecule has 0 radical (unpaired) electrons. The van der Waals surface area contributed by atoms with Gasteiger partial charge in [-0.25, -0.2) is 12.7 Å². The Morgan fingerprint density at radius 2 is 1.79 bits per heavy atom. The molecule has 8 heteroatoms. The molecule has 0 aliphatic rings. The molecule has 0 aliphatic heterocycles. The van der Waals surface area contributed by atoms with Crippen molar-refractivity contribution in [2.45, 2.75) is 38.5 Å². The summed E-state index contributed by atoms with van der Waals surface area (Å²) in [7, 11) is -0.601. The van der Waals surface area contributed by atoms with Gasteiger partial charge in [-0.3, -0.25) is 4.79 Å². The highest BCUT2D eigenvalue weighted by Crippen LogP contribution is 2.28. The van der Waals surface area contributed by atoms with Crippen molar-refractivity contribution in [2.75, 3.05) is 26.0 Å². The fourth-order valence-corrected chi connectivity index (χ4v) is 3.51. The van der Waals surface area contributed by atoms with Crippen LogP contribution in [0.5, 0.6) is 0 Å². The molecule has 1 amide bonds. The van der Waals surface area contributed by atoms with Crippen molar-refractivity contribution < 1.29 is 13.2 Å². The van der Waals surface area contributed by atoms with E-state index in [0.29, 0.717) is 24.1 Å². The molecular formula is C16H28ClN3O3S. The highest BCUT2D eigenvalue weighted by molar-refractivity contribution is 7.89. The summed E-state index contributed by atoms with van der Waals surface area (Å²) in [5.74, 6) is -0.179. The molecule has 3 N–H and O–H groups in total. The second-order valence-corrected chi connectivity index (χ2v) is 8.03. The zero-order chi connectivity index (χ0) is 17.8. The van der Waals surface area contributed by atoms with Crippen molar-refractivity contribution >= 4 is 34.0 Å². The van der Waals surface area contributed by atoms with Gasteiger partial charge in [0.05, 0.1) is 10.3 Å². The Balaban J connectivity index is 0.00000529. The van der Waals surface area contributed by atoms with Crippen LogP contribution in [0.15, 0.2) is 23.1 Å². The van der Waals surface area contributed by atoms with E-state index in [4.69, 9.17) is 5.73 Å². The van der Waals surface area contributed by atoms with Gasteiger partial charge >= 0.3 is 0 Å². The normalized spacial score (nSPS) is 12.0. The van der Waals surface area contributed by atoms with Crippen LogP contribution < -0.4 is 11.1 Å². The summed E-state index contributed by atoms with van der Waals surface area (Å²) in [6.07, 6.45) is 1.25. The number of aryl methyl sites for hydroxylation is 1. The van der Waals surface area contributed by atoms with E-state index >= 15 is 0 Å². The Morgan fingerprint density at radius 1 is 1.25 bits per heavy atom. The van der Waals surface area contributed by atoms with Crippen LogP contribution in [0.2, 0.25) is 0 Å². The lowest BCUT2D eigenvalue weighted by molar-refractivity contribution is -0.125. The van der Waals surface area contributed by atoms with Gasteiger partial charge in [0.25, 0.3) is 0 Å². The van der Waals surface area contributed by atoms with E-state index < -0.39 is 15.4 Å². The molecule has 0 saturated carbocycles. The average molecular weight is 378 g/mol. The SMILES string of the molecule is CCC(CC)(CN)C(=O)Nc1ccc(C)c(S(=O)(=O)N(C)C)c1.Cl. The third-order valence-electron chi connectivity index (χ3n) is 4.43. The molecule has 0 fully saturated rings. The zero-order valence-corrected chi connectivity index (χ0v) is 16.6. The van der Waals surface area contributed by atoms with Crippen LogP contribution in [-0.4, -0.2) is 39.3 Å². The van der Waals surface area contributed by atoms with Gasteiger partial charge in [-0.2, -0.15) is 0 Å². The minimum atomic E-state index is -3.56. The van der Waals surface area contributed by atoms with E-state index in [1.165, 1.54) is 20.2 Å². The number of benzene rings is 1. The van der Waals surface area contributed by atoms with Crippen LogP contribution in [0, 0.1) is 12.3 Å². The van der Waals surface area contributed by atoms with E-state index in [1.807, 2.05) is 13.8 Å². The van der Waals surface area contributed by atoms with Gasteiger partial charge < -0.3 is 11.1 Å². The number of nitrogens with zero attached hydrogens (tertiary/aromatic N) is 1. The number of nitrogens with one attached hydrogen (secondary N) is 1. The van der Waals surface area contributed by atoms with Crippen molar-refractivity contribution in [1.29, 1.82) is 0 Å². The predicted octanol–water partition coefficient (Wildman–Crippen LogP) is 2.37. The average Bonchev–Trinajstić information content (AvgIpc) is 2.51. The first-order chi connectivity index (χ1) is 10.6. The molecule has 138 valence electrons. The van der Waals surface area contributed by atoms with E-state index in [0.717, 1.165) is 4.31 Å². The standard InChI is InChI=1S/C16H27N3O3S.ClH/c1-6-16(7-2,11-17)15(20)18-13-9-8-12(3)14(10-13)23(21,22)19(4)5;/h8-10H,6-7,11,17H2,1-5H3,(H,18,20);1H. The molecule has 0 saturated heterocycles. The van der Waals surface area contributed by atoms with Crippen molar-refractivity contribution in [2.24, 2.45) is 11.1 Å². The molecule has 6 nitrogen and oxygen atoms in total. The highest BCUT2D eigenvalue weighted by atomic mass is 35.5. The van der Waals surface area contributed by atoms with Crippen LogP contribution in [0.1, 0.15) is 32.3 Å². The lowest BCUT2D eigenvalue weighted by Gasteiger charge is -2.28. The summed E-state index contributed by atoms with van der Waals surface area (Å²) in [6.45, 7) is 5.82. The molecular weight excluding hydrogens is 350 g/mol. The van der Waals surface area contributed by atoms with Crippen LogP contribution >= 0.6 is 12.4 Å². The third-order valence-corrected chi connectivity index (χ3v) is 6.39. The van der Waals surface area contributed by atoms with Crippen molar-refractivity contribution in [3.63, 3.8) is 0 Å². The second-order valence-electron chi connectivity index (χ2n) is 5.91. The minimum Gasteiger partial charge on any atom is -0.329 e. The summed E-state index contributed by atoms with van der Waals surface area (Å²) in [6, 6.07) is 4.89. The van der Waals surface area contributed by atoms with Gasteiger partial charge in [0, 0.05) is 26.3 Å². The molecule has 1 rings (SSSR count). The van der Waals surface area contributed by atoms with E-state index in [-0.39, 0.29) is 29.8 Å². The number of amides is 1. The smallest absolute Gasteiger partial charge is 0.242 e. The van der Waals surface area contributed by atoms with Gasteiger partial charge in [0.1, 0.15) is 0 Å². The number of carbonyl (C=O) groups excluding carboxylic acids is 1. The molecule has 1 aromatic rings. The summed E-state index contributed by atoms with van der Waals surface area (Å²) in [4.78, 5) is 12.7. The number of rotatable bonds is 7. The molecule has 1 aromatic carbocycles. The van der Waals surface area contributed by atoms with Crippen LogP contribution in [0.25, 0.3) is 0 Å². The fraction of sp³-hybridized carbons (Fsp3) is 0.562. The van der Waals surface area contributed by atoms with Crippen LogP contribution in [0.3, 0.4) is 0 Å². The molecule has 0 atom stereocenters. The van der Waals surface area contributed by atoms with E-state index in [9.17, 15) is 13.2 Å². The lowest BCUT2D eigenvalue weighted by Crippen LogP contribution is -2.41. The maximum atomic E-state index is 12.6. The summed E-state index contributed by atoms with van der Waals surface area (Å²) in [5, 5.41) is 2.81. The number of hydrogen-bond donors (Lipinski definition) is 2. The first kappa shape index (κ1) is 22.9. The minimum absolute atomic E-state index is 0. The van der Waals surface area contributed by atoms with Crippen LogP contribution in [-0.2, 0) is 14.8 Å². The molecule has 0 unspecified atom stereocenters. The zero-order valence-electron chi connectivity index (χ0n) is 14.9. The fourth-order valence-electron chi connectivity index (χ4n) is 2.37. The largest absolute Gasteiger partial charge is 0.329 e. The molecule has 0 bridgehead atoms. The first-order valence-corrected chi connectivity index (χ1v) is 9.13. The predicted molar refractivity (Wildman–Crippen MR) is 100.0 cm³/mol. The number of carbonyl (C=O) groups is 1. The molecule has 0 aliphatic carbocycles. The van der Waals surface area contributed by atoms with E-state index in [1.54, 1.807) is 19.1 Å². The monoisotopic (exact) mass is 377 g/mol. The Labute approximate surface area is 151 Å². The topological polar surface area (TPSA) is 92.5 Å². The number of anilines is 1. The van der Waals surface area contributed by atoms with Gasteiger partial charge in [-0.1, -0.05) is 19.9 Å². The highest BCUT2D eigenvalue weighted by Gasteiger charge is 2.33. The summed E-state index contributed by atoms with van der Waals surface area (Å²) < 4.78 is 25.9. The Bertz CT molecular complexity index is 663. The molecule has 0 heterocycles. The number of nitrogens with two attached hydrogens (primary N) is 1. The molecule has 0 aromatic heterocycles. The van der Waals surface area contributed by atoms with Gasteiger partial charge in [0.15, 0.2) is 0 Å². The lowest BCUT2D eigenvalue weighted by atomic mass is 9.81. The Hall–Kier alpha value is -1.15. The number of halogens is 1. The quantitative estimate of drug-likeness (QED) is 0.762. The van der Waals surface area contributed by atoms with Gasteiger partial charge in [0.2, 0.25) is 15.9 Å². The van der Waals surface area contributed by atoms with Gasteiger partial charge in [-0.15, -0.1) is 12.4 Å². The Morgan fingerprint density at radius 3 is 2.21 bits per heavy atom. The number of hydrogen-bond acceptors (Lipinski definition) is 4. The maximum absolute atomic E-state index is 12.6. The molecule has 24 heavy (non-hydrogen) atoms. The molecule has 0 spiro atoms. The summed E-state index contributed by atoms with van der Waals surface area (Å²) >= 11 is 0. The van der Waals surface area contributed by atoms with Crippen LogP contribution in [0.4, 0.5) is 5.69 Å². The third kappa shape index (κ3) is 4.47. The summed E-state index contributed by atoms with van der Waals surface area (Å²) in [5.41, 5.74) is 6.24. The van der Waals surface area contributed by atoms with Gasteiger partial charge in [-0.05, 0) is 37.5 Å². The Kier molecular flexibility index (Phi) is 8.38. The van der Waals surface area contributed by atoms with E-state index in [2.05, 4.69) is 5.32 Å². The van der Waals surface area contributed by atoms with Crippen molar-refractivity contribution in [3.05, 3.63) is 23.8 Å². The second kappa shape index (κ2) is 8.80. The van der Waals surface area contributed by atoms with Crippen molar-refractivity contribution in [1.82, 2.24) is 4.31 Å². The first-order valence-electron chi connectivity index (χ1n) is 7.69. The van der Waals surface area contributed by atoms with Crippen molar-refractivity contribution in [3.8, 4) is 0 Å². The maximum Gasteiger partial charge on any atom is 0.242 e.